The van der Waals surface area contributed by atoms with Gasteiger partial charge >= 0.3 is 0 Å². The summed E-state index contributed by atoms with van der Waals surface area (Å²) in [4.78, 5) is 14.4. The van der Waals surface area contributed by atoms with Crippen LogP contribution in [0.2, 0.25) is 0 Å². The second kappa shape index (κ2) is 6.94. The van der Waals surface area contributed by atoms with E-state index in [2.05, 4.69) is 39.3 Å². The van der Waals surface area contributed by atoms with Crippen LogP contribution in [0.3, 0.4) is 0 Å². The summed E-state index contributed by atoms with van der Waals surface area (Å²) < 4.78 is 2.96. The summed E-state index contributed by atoms with van der Waals surface area (Å²) in [7, 11) is 0. The molecule has 0 saturated carbocycles. The van der Waals surface area contributed by atoms with Crippen LogP contribution in [0.4, 0.5) is 5.69 Å². The van der Waals surface area contributed by atoms with Gasteiger partial charge in [0.25, 0.3) is 5.91 Å². The third kappa shape index (κ3) is 3.31. The van der Waals surface area contributed by atoms with Crippen molar-refractivity contribution in [1.29, 1.82) is 0 Å². The summed E-state index contributed by atoms with van der Waals surface area (Å²) in [6.07, 6.45) is 0. The quantitative estimate of drug-likeness (QED) is 0.423. The number of amides is 1. The molecule has 6 heteroatoms. The SMILES string of the molecule is Cc1cc(NC(=O)c2cc3c(C)nn(-c4ccccc4C)c3s2)ccc1Br. The van der Waals surface area contributed by atoms with Gasteiger partial charge in [-0.05, 0) is 62.2 Å². The zero-order chi connectivity index (χ0) is 19.1. The van der Waals surface area contributed by atoms with Gasteiger partial charge in [-0.1, -0.05) is 34.1 Å². The average molecular weight is 440 g/mol. The van der Waals surface area contributed by atoms with Crippen LogP contribution in [-0.2, 0) is 0 Å². The topological polar surface area (TPSA) is 46.9 Å². The monoisotopic (exact) mass is 439 g/mol. The Balaban J connectivity index is 1.71. The lowest BCUT2D eigenvalue weighted by Crippen LogP contribution is -2.10. The van der Waals surface area contributed by atoms with Crippen LogP contribution in [-0.4, -0.2) is 15.7 Å². The molecule has 0 radical (unpaired) electrons. The average Bonchev–Trinajstić information content (AvgIpc) is 3.20. The van der Waals surface area contributed by atoms with E-state index in [1.165, 1.54) is 11.3 Å². The number of carbonyl (C=O) groups excluding carboxylic acids is 1. The molecule has 0 aliphatic rings. The van der Waals surface area contributed by atoms with Gasteiger partial charge in [0.2, 0.25) is 0 Å². The van der Waals surface area contributed by atoms with Crippen LogP contribution in [0.1, 0.15) is 26.5 Å². The molecule has 4 aromatic rings. The molecule has 0 saturated heterocycles. The fourth-order valence-corrected chi connectivity index (χ4v) is 4.36. The Morgan fingerprint density at radius 3 is 2.59 bits per heavy atom. The number of aryl methyl sites for hydroxylation is 3. The minimum Gasteiger partial charge on any atom is -0.321 e. The number of thiophene rings is 1. The van der Waals surface area contributed by atoms with Crippen molar-refractivity contribution in [3.8, 4) is 5.69 Å². The molecule has 2 aromatic carbocycles. The lowest BCUT2D eigenvalue weighted by atomic mass is 10.2. The van der Waals surface area contributed by atoms with E-state index in [9.17, 15) is 4.79 Å². The van der Waals surface area contributed by atoms with Gasteiger partial charge in [-0.15, -0.1) is 11.3 Å². The molecule has 27 heavy (non-hydrogen) atoms. The zero-order valence-electron chi connectivity index (χ0n) is 15.2. The molecule has 1 amide bonds. The predicted molar refractivity (Wildman–Crippen MR) is 115 cm³/mol. The van der Waals surface area contributed by atoms with Crippen molar-refractivity contribution in [2.75, 3.05) is 5.32 Å². The van der Waals surface area contributed by atoms with E-state index in [4.69, 9.17) is 0 Å². The second-order valence-electron chi connectivity index (χ2n) is 6.53. The van der Waals surface area contributed by atoms with Crippen molar-refractivity contribution in [1.82, 2.24) is 9.78 Å². The molecular formula is C21H18BrN3OS. The van der Waals surface area contributed by atoms with Crippen LogP contribution in [0.15, 0.2) is 53.0 Å². The standard InChI is InChI=1S/C21H18BrN3OS/c1-12-6-4-5-7-18(12)25-21-16(14(3)24-25)11-19(27-21)20(26)23-15-8-9-17(22)13(2)10-15/h4-11H,1-3H3,(H,23,26). The Hall–Kier alpha value is -2.44. The third-order valence-corrected chi connectivity index (χ3v) is 6.53. The van der Waals surface area contributed by atoms with Gasteiger partial charge in [-0.2, -0.15) is 5.10 Å². The first-order valence-electron chi connectivity index (χ1n) is 8.56. The molecule has 1 N–H and O–H groups in total. The van der Waals surface area contributed by atoms with Crippen molar-refractivity contribution in [2.45, 2.75) is 20.8 Å². The van der Waals surface area contributed by atoms with Gasteiger partial charge in [0.05, 0.1) is 16.3 Å². The Kier molecular flexibility index (Phi) is 4.61. The molecule has 0 aliphatic heterocycles. The van der Waals surface area contributed by atoms with Gasteiger partial charge < -0.3 is 5.32 Å². The summed E-state index contributed by atoms with van der Waals surface area (Å²) >= 11 is 4.94. The first-order chi connectivity index (χ1) is 12.9. The van der Waals surface area contributed by atoms with Crippen LogP contribution in [0.5, 0.6) is 0 Å². The molecule has 0 fully saturated rings. The van der Waals surface area contributed by atoms with Crippen molar-refractivity contribution in [2.24, 2.45) is 0 Å². The minimum atomic E-state index is -0.103. The number of benzene rings is 2. The molecule has 4 rings (SSSR count). The zero-order valence-corrected chi connectivity index (χ0v) is 17.6. The van der Waals surface area contributed by atoms with E-state index in [0.717, 1.165) is 42.9 Å². The molecule has 2 aromatic heterocycles. The number of aromatic nitrogens is 2. The number of rotatable bonds is 3. The van der Waals surface area contributed by atoms with Crippen LogP contribution in [0, 0.1) is 20.8 Å². The largest absolute Gasteiger partial charge is 0.321 e. The molecule has 136 valence electrons. The summed E-state index contributed by atoms with van der Waals surface area (Å²) in [6.45, 7) is 6.04. The summed E-state index contributed by atoms with van der Waals surface area (Å²) in [5, 5.41) is 8.68. The Labute approximate surface area is 170 Å². The molecule has 0 spiro atoms. The maximum atomic E-state index is 12.8. The summed E-state index contributed by atoms with van der Waals surface area (Å²) in [5.74, 6) is -0.103. The summed E-state index contributed by atoms with van der Waals surface area (Å²) in [6, 6.07) is 15.8. The number of fused-ring (bicyclic) bond motifs is 1. The van der Waals surface area contributed by atoms with E-state index in [1.54, 1.807) is 0 Å². The van der Waals surface area contributed by atoms with Gasteiger partial charge in [0.1, 0.15) is 4.83 Å². The normalized spacial score (nSPS) is 11.1. The highest BCUT2D eigenvalue weighted by molar-refractivity contribution is 9.10. The smallest absolute Gasteiger partial charge is 0.265 e. The number of hydrogen-bond acceptors (Lipinski definition) is 3. The van der Waals surface area contributed by atoms with Crippen molar-refractivity contribution < 1.29 is 4.79 Å². The van der Waals surface area contributed by atoms with Crippen molar-refractivity contribution in [3.63, 3.8) is 0 Å². The maximum Gasteiger partial charge on any atom is 0.265 e. The number of halogens is 1. The Bertz CT molecular complexity index is 1180. The number of para-hydroxylation sites is 1. The van der Waals surface area contributed by atoms with E-state index >= 15 is 0 Å². The first kappa shape index (κ1) is 17.9. The number of nitrogens with zero attached hydrogens (tertiary/aromatic N) is 2. The molecule has 0 atom stereocenters. The molecule has 2 heterocycles. The highest BCUT2D eigenvalue weighted by atomic mass is 79.9. The van der Waals surface area contributed by atoms with Crippen LogP contribution >= 0.6 is 27.3 Å². The molecule has 0 aliphatic carbocycles. The van der Waals surface area contributed by atoms with Crippen molar-refractivity contribution >= 4 is 49.1 Å². The molecule has 0 bridgehead atoms. The number of anilines is 1. The molecular weight excluding hydrogens is 422 g/mol. The highest BCUT2D eigenvalue weighted by Gasteiger charge is 2.18. The Morgan fingerprint density at radius 1 is 1.07 bits per heavy atom. The number of carbonyl (C=O) groups is 1. The van der Waals surface area contributed by atoms with Crippen molar-refractivity contribution in [3.05, 3.63) is 74.7 Å². The van der Waals surface area contributed by atoms with E-state index in [1.807, 2.05) is 61.0 Å². The van der Waals surface area contributed by atoms with Gasteiger partial charge in [-0.3, -0.25) is 4.79 Å². The fraction of sp³-hybridized carbons (Fsp3) is 0.143. The lowest BCUT2D eigenvalue weighted by molar-refractivity contribution is 0.103. The second-order valence-corrected chi connectivity index (χ2v) is 8.42. The molecule has 0 unspecified atom stereocenters. The van der Waals surface area contributed by atoms with E-state index in [-0.39, 0.29) is 5.91 Å². The fourth-order valence-electron chi connectivity index (χ4n) is 3.04. The van der Waals surface area contributed by atoms with Gasteiger partial charge in [0, 0.05) is 15.5 Å². The predicted octanol–water partition coefficient (Wildman–Crippen LogP) is 6.03. The van der Waals surface area contributed by atoms with Gasteiger partial charge in [-0.25, -0.2) is 4.68 Å². The minimum absolute atomic E-state index is 0.103. The van der Waals surface area contributed by atoms with Gasteiger partial charge in [0.15, 0.2) is 0 Å². The van der Waals surface area contributed by atoms with Crippen LogP contribution in [0.25, 0.3) is 15.9 Å². The Morgan fingerprint density at radius 2 is 1.85 bits per heavy atom. The number of nitrogens with one attached hydrogen (secondary N) is 1. The van der Waals surface area contributed by atoms with E-state index < -0.39 is 0 Å². The molecule has 4 nitrogen and oxygen atoms in total. The van der Waals surface area contributed by atoms with Crippen LogP contribution < -0.4 is 5.32 Å². The highest BCUT2D eigenvalue weighted by Crippen LogP contribution is 2.32. The maximum absolute atomic E-state index is 12.8. The van der Waals surface area contributed by atoms with E-state index in [0.29, 0.717) is 4.88 Å². The first-order valence-corrected chi connectivity index (χ1v) is 10.2. The lowest BCUT2D eigenvalue weighted by Gasteiger charge is -2.06. The number of hydrogen-bond donors (Lipinski definition) is 1. The third-order valence-electron chi connectivity index (χ3n) is 4.53. The summed E-state index contributed by atoms with van der Waals surface area (Å²) in [5.41, 5.74) is 4.97.